The van der Waals surface area contributed by atoms with E-state index in [4.69, 9.17) is 0 Å². The standard InChI is InChI=1S/C11H20N/c1-2-3-9-12(11-7-8-11)10-5-4-6-10/h10-11H,1-9H2. The third-order valence-electron chi connectivity index (χ3n) is 3.23. The van der Waals surface area contributed by atoms with Crippen molar-refractivity contribution in [2.75, 3.05) is 6.54 Å². The number of hydrogen-bond acceptors (Lipinski definition) is 1. The van der Waals surface area contributed by atoms with Crippen LogP contribution in [0.15, 0.2) is 0 Å². The van der Waals surface area contributed by atoms with Crippen molar-refractivity contribution in [2.45, 2.75) is 57.0 Å². The van der Waals surface area contributed by atoms with Gasteiger partial charge in [0.2, 0.25) is 0 Å². The fraction of sp³-hybridized carbons (Fsp3) is 0.909. The van der Waals surface area contributed by atoms with Gasteiger partial charge in [-0.05, 0) is 38.6 Å². The zero-order valence-corrected chi connectivity index (χ0v) is 7.97. The molecule has 0 N–H and O–H groups in total. The van der Waals surface area contributed by atoms with Gasteiger partial charge in [0.1, 0.15) is 0 Å². The minimum atomic E-state index is 0.962. The molecule has 0 spiro atoms. The van der Waals surface area contributed by atoms with E-state index in [2.05, 4.69) is 11.8 Å². The van der Waals surface area contributed by atoms with Crippen LogP contribution in [0.4, 0.5) is 0 Å². The second-order valence-electron chi connectivity index (χ2n) is 4.26. The summed E-state index contributed by atoms with van der Waals surface area (Å²) in [5, 5.41) is 0. The highest BCUT2D eigenvalue weighted by Crippen LogP contribution is 2.35. The summed E-state index contributed by atoms with van der Waals surface area (Å²) in [7, 11) is 0. The molecule has 12 heavy (non-hydrogen) atoms. The predicted octanol–water partition coefficient (Wildman–Crippen LogP) is 2.62. The van der Waals surface area contributed by atoms with E-state index in [0.29, 0.717) is 0 Å². The van der Waals surface area contributed by atoms with Gasteiger partial charge in [-0.1, -0.05) is 19.8 Å². The van der Waals surface area contributed by atoms with E-state index in [1.807, 2.05) is 0 Å². The molecule has 0 amide bonds. The van der Waals surface area contributed by atoms with Gasteiger partial charge in [0.05, 0.1) is 0 Å². The molecule has 0 heterocycles. The van der Waals surface area contributed by atoms with Crippen molar-refractivity contribution in [1.82, 2.24) is 4.90 Å². The zero-order valence-electron chi connectivity index (χ0n) is 7.97. The fourth-order valence-corrected chi connectivity index (χ4v) is 2.08. The highest BCUT2D eigenvalue weighted by Gasteiger charge is 2.35. The van der Waals surface area contributed by atoms with Crippen molar-refractivity contribution in [3.05, 3.63) is 6.92 Å². The summed E-state index contributed by atoms with van der Waals surface area (Å²) in [6, 6.07) is 1.94. The highest BCUT2D eigenvalue weighted by atomic mass is 15.2. The summed E-state index contributed by atoms with van der Waals surface area (Å²) in [6.07, 6.45) is 9.74. The number of hydrogen-bond donors (Lipinski definition) is 0. The van der Waals surface area contributed by atoms with Crippen molar-refractivity contribution in [3.8, 4) is 0 Å². The van der Waals surface area contributed by atoms with E-state index >= 15 is 0 Å². The molecular weight excluding hydrogens is 146 g/mol. The molecule has 0 aliphatic heterocycles. The largest absolute Gasteiger partial charge is 0.297 e. The van der Waals surface area contributed by atoms with Gasteiger partial charge in [-0.15, -0.1) is 0 Å². The first kappa shape index (κ1) is 8.55. The summed E-state index contributed by atoms with van der Waals surface area (Å²) in [4.78, 5) is 2.76. The van der Waals surface area contributed by atoms with E-state index in [0.717, 1.165) is 18.5 Å². The first-order valence-electron chi connectivity index (χ1n) is 5.47. The van der Waals surface area contributed by atoms with Crippen LogP contribution in [0.2, 0.25) is 0 Å². The van der Waals surface area contributed by atoms with Gasteiger partial charge in [-0.3, -0.25) is 4.90 Å². The molecule has 69 valence electrons. The Balaban J connectivity index is 1.75. The third-order valence-corrected chi connectivity index (χ3v) is 3.23. The van der Waals surface area contributed by atoms with E-state index in [-0.39, 0.29) is 0 Å². The van der Waals surface area contributed by atoms with Gasteiger partial charge >= 0.3 is 0 Å². The molecule has 1 heteroatoms. The van der Waals surface area contributed by atoms with E-state index in [1.54, 1.807) is 0 Å². The minimum absolute atomic E-state index is 0.962. The molecule has 1 radical (unpaired) electrons. The lowest BCUT2D eigenvalue weighted by Crippen LogP contribution is -2.42. The molecule has 0 aromatic rings. The van der Waals surface area contributed by atoms with Crippen LogP contribution in [0, 0.1) is 6.92 Å². The van der Waals surface area contributed by atoms with Crippen molar-refractivity contribution in [2.24, 2.45) is 0 Å². The maximum Gasteiger partial charge on any atom is 0.00993 e. The number of nitrogens with zero attached hydrogens (tertiary/aromatic N) is 1. The second kappa shape index (κ2) is 3.78. The van der Waals surface area contributed by atoms with Crippen LogP contribution in [0.25, 0.3) is 0 Å². The molecule has 2 fully saturated rings. The summed E-state index contributed by atoms with van der Waals surface area (Å²) >= 11 is 0. The van der Waals surface area contributed by atoms with Gasteiger partial charge in [0, 0.05) is 12.1 Å². The van der Waals surface area contributed by atoms with Crippen LogP contribution in [0.3, 0.4) is 0 Å². The fourth-order valence-electron chi connectivity index (χ4n) is 2.08. The molecule has 0 aromatic carbocycles. The molecule has 0 saturated heterocycles. The average molecular weight is 166 g/mol. The summed E-state index contributed by atoms with van der Waals surface area (Å²) in [5.74, 6) is 0. The van der Waals surface area contributed by atoms with E-state index < -0.39 is 0 Å². The predicted molar refractivity (Wildman–Crippen MR) is 52.0 cm³/mol. The van der Waals surface area contributed by atoms with Gasteiger partial charge in [0.25, 0.3) is 0 Å². The molecule has 1 nitrogen and oxygen atoms in total. The van der Waals surface area contributed by atoms with Crippen LogP contribution in [0.5, 0.6) is 0 Å². The van der Waals surface area contributed by atoms with Crippen molar-refractivity contribution in [3.63, 3.8) is 0 Å². The van der Waals surface area contributed by atoms with Gasteiger partial charge in [-0.2, -0.15) is 0 Å². The first-order valence-corrected chi connectivity index (χ1v) is 5.47. The highest BCUT2D eigenvalue weighted by molar-refractivity contribution is 4.91. The van der Waals surface area contributed by atoms with Crippen molar-refractivity contribution in [1.29, 1.82) is 0 Å². The van der Waals surface area contributed by atoms with Crippen molar-refractivity contribution < 1.29 is 0 Å². The topological polar surface area (TPSA) is 3.24 Å². The summed E-state index contributed by atoms with van der Waals surface area (Å²) in [6.45, 7) is 5.23. The van der Waals surface area contributed by atoms with Crippen LogP contribution in [-0.4, -0.2) is 23.5 Å². The van der Waals surface area contributed by atoms with Gasteiger partial charge in [-0.25, -0.2) is 0 Å². The quantitative estimate of drug-likeness (QED) is 0.607. The van der Waals surface area contributed by atoms with Crippen LogP contribution in [-0.2, 0) is 0 Å². The third kappa shape index (κ3) is 1.82. The maximum atomic E-state index is 3.91. The minimum Gasteiger partial charge on any atom is -0.297 e. The van der Waals surface area contributed by atoms with Gasteiger partial charge < -0.3 is 0 Å². The summed E-state index contributed by atoms with van der Waals surface area (Å²) in [5.41, 5.74) is 0. The molecular formula is C11H20N. The Labute approximate surface area is 76.1 Å². The zero-order chi connectivity index (χ0) is 8.39. The van der Waals surface area contributed by atoms with E-state index in [1.165, 1.54) is 45.1 Å². The molecule has 0 aromatic heterocycles. The molecule has 0 unspecified atom stereocenters. The molecule has 2 saturated carbocycles. The second-order valence-corrected chi connectivity index (χ2v) is 4.26. The normalized spacial score (nSPS) is 24.5. The van der Waals surface area contributed by atoms with Crippen LogP contribution in [0.1, 0.15) is 44.9 Å². The maximum absolute atomic E-state index is 3.91. The first-order chi connectivity index (χ1) is 5.92. The Morgan fingerprint density at radius 1 is 1.08 bits per heavy atom. The Morgan fingerprint density at radius 2 is 1.75 bits per heavy atom. The number of rotatable bonds is 5. The van der Waals surface area contributed by atoms with Crippen LogP contribution < -0.4 is 0 Å². The van der Waals surface area contributed by atoms with E-state index in [9.17, 15) is 0 Å². The molecule has 2 rings (SSSR count). The Bertz CT molecular complexity index is 136. The van der Waals surface area contributed by atoms with Gasteiger partial charge in [0.15, 0.2) is 0 Å². The monoisotopic (exact) mass is 166 g/mol. The van der Waals surface area contributed by atoms with Crippen molar-refractivity contribution >= 4 is 0 Å². The molecule has 2 aliphatic rings. The number of unbranched alkanes of at least 4 members (excludes halogenated alkanes) is 1. The molecule has 2 aliphatic carbocycles. The lowest BCUT2D eigenvalue weighted by Gasteiger charge is -2.37. The summed E-state index contributed by atoms with van der Waals surface area (Å²) < 4.78 is 0. The Kier molecular flexibility index (Phi) is 2.69. The molecule has 0 bridgehead atoms. The lowest BCUT2D eigenvalue weighted by molar-refractivity contribution is 0.117. The Hall–Kier alpha value is -0.0400. The average Bonchev–Trinajstić information content (AvgIpc) is 2.75. The Morgan fingerprint density at radius 3 is 2.17 bits per heavy atom. The van der Waals surface area contributed by atoms with Crippen LogP contribution >= 0.6 is 0 Å². The molecule has 0 atom stereocenters. The SMILES string of the molecule is [CH2]CCCN(C1CCC1)C1CC1. The lowest BCUT2D eigenvalue weighted by atomic mass is 9.91. The smallest absolute Gasteiger partial charge is 0.00993 e.